The summed E-state index contributed by atoms with van der Waals surface area (Å²) in [6, 6.07) is 10.6. The smallest absolute Gasteiger partial charge is 0.187 e. The third-order valence-corrected chi connectivity index (χ3v) is 3.00. The fourth-order valence-corrected chi connectivity index (χ4v) is 2.01. The lowest BCUT2D eigenvalue weighted by Crippen LogP contribution is -2.13. The molecule has 1 unspecified atom stereocenters. The van der Waals surface area contributed by atoms with Crippen molar-refractivity contribution in [1.29, 1.82) is 5.26 Å². The Morgan fingerprint density at radius 1 is 1.20 bits per heavy atom. The van der Waals surface area contributed by atoms with Crippen molar-refractivity contribution < 1.29 is 13.6 Å². The molecule has 0 radical (unpaired) electrons. The van der Waals surface area contributed by atoms with E-state index in [2.05, 4.69) is 0 Å². The van der Waals surface area contributed by atoms with Crippen molar-refractivity contribution in [1.82, 2.24) is 0 Å². The number of halogens is 3. The second-order valence-electron chi connectivity index (χ2n) is 4.11. The highest BCUT2D eigenvalue weighted by Crippen LogP contribution is 2.24. The largest absolute Gasteiger partial charge is 0.292 e. The summed E-state index contributed by atoms with van der Waals surface area (Å²) in [5, 5.41) is 9.51. The average Bonchev–Trinajstić information content (AvgIpc) is 2.39. The molecular weight excluding hydrogens is 284 g/mol. The highest BCUT2D eigenvalue weighted by atomic mass is 35.5. The molecule has 20 heavy (non-hydrogen) atoms. The van der Waals surface area contributed by atoms with Crippen LogP contribution in [0.1, 0.15) is 21.8 Å². The third kappa shape index (κ3) is 2.84. The number of nitrogens with zero attached hydrogens (tertiary/aromatic N) is 1. The molecule has 2 rings (SSSR count). The highest BCUT2D eigenvalue weighted by molar-refractivity contribution is 6.30. The molecule has 0 saturated heterocycles. The van der Waals surface area contributed by atoms with Crippen LogP contribution in [0.15, 0.2) is 42.5 Å². The molecule has 2 nitrogen and oxygen atoms in total. The molecule has 5 heteroatoms. The lowest BCUT2D eigenvalue weighted by molar-refractivity contribution is 0.0975. The zero-order valence-corrected chi connectivity index (χ0v) is 10.9. The van der Waals surface area contributed by atoms with Gasteiger partial charge in [0.05, 0.1) is 11.6 Å². The quantitative estimate of drug-likeness (QED) is 0.799. The van der Waals surface area contributed by atoms with Crippen LogP contribution in [-0.4, -0.2) is 5.78 Å². The first-order chi connectivity index (χ1) is 9.52. The highest BCUT2D eigenvalue weighted by Gasteiger charge is 2.24. The number of rotatable bonds is 3. The minimum atomic E-state index is -1.19. The van der Waals surface area contributed by atoms with Gasteiger partial charge in [0, 0.05) is 11.1 Å². The summed E-state index contributed by atoms with van der Waals surface area (Å²) >= 11 is 5.80. The standard InChI is InChI=1S/C15H8ClF2NO/c16-10-3-1-2-9(6-10)13(8-19)15(20)12-5-4-11(17)7-14(12)18/h1-7,13H. The van der Waals surface area contributed by atoms with Gasteiger partial charge < -0.3 is 0 Å². The number of carbonyl (C=O) groups excluding carboxylic acids is 1. The maximum atomic E-state index is 13.6. The summed E-state index contributed by atoms with van der Waals surface area (Å²) in [5.41, 5.74) is 0.0478. The Kier molecular flexibility index (Phi) is 4.11. The van der Waals surface area contributed by atoms with Crippen molar-refractivity contribution in [3.8, 4) is 6.07 Å². The van der Waals surface area contributed by atoms with Gasteiger partial charge in [0.2, 0.25) is 0 Å². The van der Waals surface area contributed by atoms with E-state index in [4.69, 9.17) is 16.9 Å². The predicted octanol–water partition coefficient (Wildman–Crippen LogP) is 4.11. The molecule has 0 heterocycles. The van der Waals surface area contributed by atoms with Crippen molar-refractivity contribution in [2.45, 2.75) is 5.92 Å². The van der Waals surface area contributed by atoms with Crippen LogP contribution >= 0.6 is 11.6 Å². The topological polar surface area (TPSA) is 40.9 Å². The van der Waals surface area contributed by atoms with Gasteiger partial charge in [0.15, 0.2) is 5.78 Å². The van der Waals surface area contributed by atoms with Crippen LogP contribution in [0, 0.1) is 23.0 Å². The summed E-state index contributed by atoms with van der Waals surface area (Å²) in [6.45, 7) is 0. The fourth-order valence-electron chi connectivity index (χ4n) is 1.82. The van der Waals surface area contributed by atoms with E-state index in [1.807, 2.05) is 6.07 Å². The number of Topliss-reactive ketones (excluding diaryl/α,β-unsaturated/α-hetero) is 1. The lowest BCUT2D eigenvalue weighted by atomic mass is 9.91. The van der Waals surface area contributed by atoms with Gasteiger partial charge in [-0.25, -0.2) is 8.78 Å². The van der Waals surface area contributed by atoms with Gasteiger partial charge in [0.1, 0.15) is 17.6 Å². The van der Waals surface area contributed by atoms with Gasteiger partial charge >= 0.3 is 0 Å². The number of hydrogen-bond donors (Lipinski definition) is 0. The van der Waals surface area contributed by atoms with E-state index in [1.54, 1.807) is 18.2 Å². The van der Waals surface area contributed by atoms with Crippen LogP contribution < -0.4 is 0 Å². The molecule has 2 aromatic rings. The van der Waals surface area contributed by atoms with Gasteiger partial charge in [0.25, 0.3) is 0 Å². The van der Waals surface area contributed by atoms with E-state index >= 15 is 0 Å². The predicted molar refractivity (Wildman–Crippen MR) is 70.5 cm³/mol. The van der Waals surface area contributed by atoms with Gasteiger partial charge in [-0.2, -0.15) is 5.26 Å². The van der Waals surface area contributed by atoms with Crippen molar-refractivity contribution >= 4 is 17.4 Å². The molecule has 0 aromatic heterocycles. The Balaban J connectivity index is 2.42. The molecule has 0 aliphatic rings. The molecule has 1 atom stereocenters. The van der Waals surface area contributed by atoms with Crippen LogP contribution in [0.2, 0.25) is 5.02 Å². The van der Waals surface area contributed by atoms with Gasteiger partial charge in [-0.1, -0.05) is 23.7 Å². The first kappa shape index (κ1) is 14.2. The number of ketones is 1. The summed E-state index contributed by atoms with van der Waals surface area (Å²) in [6.07, 6.45) is 0. The Bertz CT molecular complexity index is 709. The molecule has 100 valence electrons. The molecule has 0 fully saturated rings. The minimum Gasteiger partial charge on any atom is -0.292 e. The average molecular weight is 292 g/mol. The Hall–Kier alpha value is -2.25. The first-order valence-electron chi connectivity index (χ1n) is 5.67. The van der Waals surface area contributed by atoms with Crippen LogP contribution in [0.4, 0.5) is 8.78 Å². The molecule has 2 aromatic carbocycles. The van der Waals surface area contributed by atoms with Crippen LogP contribution in [-0.2, 0) is 0 Å². The molecule has 0 N–H and O–H groups in total. The number of hydrogen-bond acceptors (Lipinski definition) is 2. The van der Waals surface area contributed by atoms with Crippen molar-refractivity contribution in [3.05, 3.63) is 70.2 Å². The van der Waals surface area contributed by atoms with E-state index in [-0.39, 0.29) is 5.56 Å². The third-order valence-electron chi connectivity index (χ3n) is 2.77. The zero-order chi connectivity index (χ0) is 14.7. The molecule has 0 aliphatic heterocycles. The van der Waals surface area contributed by atoms with Crippen LogP contribution in [0.3, 0.4) is 0 Å². The van der Waals surface area contributed by atoms with Gasteiger partial charge in [-0.15, -0.1) is 0 Å². The Morgan fingerprint density at radius 3 is 2.55 bits per heavy atom. The second-order valence-corrected chi connectivity index (χ2v) is 4.54. The SMILES string of the molecule is N#CC(C(=O)c1ccc(F)cc1F)c1cccc(Cl)c1. The molecule has 0 spiro atoms. The second kappa shape index (κ2) is 5.81. The number of nitriles is 1. The van der Waals surface area contributed by atoms with E-state index in [9.17, 15) is 13.6 Å². The van der Waals surface area contributed by atoms with E-state index < -0.39 is 23.3 Å². The lowest BCUT2D eigenvalue weighted by Gasteiger charge is -2.09. The Labute approximate surface area is 119 Å². The molecular formula is C15H8ClF2NO. The fraction of sp³-hybridized carbons (Fsp3) is 0.0667. The maximum Gasteiger partial charge on any atom is 0.187 e. The van der Waals surface area contributed by atoms with Crippen molar-refractivity contribution in [2.24, 2.45) is 0 Å². The van der Waals surface area contributed by atoms with E-state index in [0.717, 1.165) is 12.1 Å². The normalized spacial score (nSPS) is 11.7. The maximum absolute atomic E-state index is 13.6. The van der Waals surface area contributed by atoms with Crippen molar-refractivity contribution in [3.63, 3.8) is 0 Å². The summed E-state index contributed by atoms with van der Waals surface area (Å²) < 4.78 is 26.4. The monoisotopic (exact) mass is 291 g/mol. The number of carbonyl (C=O) groups is 1. The van der Waals surface area contributed by atoms with Gasteiger partial charge in [-0.05, 0) is 29.8 Å². The molecule has 0 amide bonds. The molecule has 0 aliphatic carbocycles. The van der Waals surface area contributed by atoms with E-state index in [0.29, 0.717) is 16.7 Å². The van der Waals surface area contributed by atoms with Crippen LogP contribution in [0.25, 0.3) is 0 Å². The summed E-state index contributed by atoms with van der Waals surface area (Å²) in [5.74, 6) is -3.69. The molecule has 0 bridgehead atoms. The van der Waals surface area contributed by atoms with Gasteiger partial charge in [-0.3, -0.25) is 4.79 Å². The first-order valence-corrected chi connectivity index (χ1v) is 6.05. The van der Waals surface area contributed by atoms with Crippen LogP contribution in [0.5, 0.6) is 0 Å². The zero-order valence-electron chi connectivity index (χ0n) is 10.1. The van der Waals surface area contributed by atoms with E-state index in [1.165, 1.54) is 6.07 Å². The minimum absolute atomic E-state index is 0.321. The summed E-state index contributed by atoms with van der Waals surface area (Å²) in [4.78, 5) is 12.2. The Morgan fingerprint density at radius 2 is 1.95 bits per heavy atom. The summed E-state index contributed by atoms with van der Waals surface area (Å²) in [7, 11) is 0. The van der Waals surface area contributed by atoms with Crippen molar-refractivity contribution in [2.75, 3.05) is 0 Å². The molecule has 0 saturated carbocycles. The number of benzene rings is 2.